The van der Waals surface area contributed by atoms with Crippen LogP contribution in [0, 0.1) is 11.3 Å². The molecule has 1 aliphatic rings. The fourth-order valence-corrected chi connectivity index (χ4v) is 4.60. The minimum absolute atomic E-state index is 0.0925. The molecule has 3 aromatic carbocycles. The number of benzene rings is 3. The van der Waals surface area contributed by atoms with Gasteiger partial charge in [-0.05, 0) is 39.0 Å². The Morgan fingerprint density at radius 3 is 2.63 bits per heavy atom. The van der Waals surface area contributed by atoms with E-state index in [1.165, 1.54) is 0 Å². The number of methoxy groups -OCH3 is 2. The minimum atomic E-state index is -0.784. The molecule has 0 bridgehead atoms. The van der Waals surface area contributed by atoms with E-state index in [0.717, 1.165) is 21.9 Å². The van der Waals surface area contributed by atoms with Crippen LogP contribution in [0.15, 0.2) is 58.2 Å². The topological polar surface area (TPSA) is 110 Å². The molecular weight excluding hydrogens is 450 g/mol. The van der Waals surface area contributed by atoms with Crippen LogP contribution in [0.25, 0.3) is 10.8 Å². The normalized spacial score (nSPS) is 18.6. The van der Waals surface area contributed by atoms with Gasteiger partial charge in [-0.1, -0.05) is 41.6 Å². The van der Waals surface area contributed by atoms with Crippen LogP contribution < -0.4 is 19.9 Å². The highest BCUT2D eigenvalue weighted by atomic mass is 79.9. The van der Waals surface area contributed by atoms with Gasteiger partial charge < -0.3 is 25.2 Å². The second-order valence-corrected chi connectivity index (χ2v) is 7.74. The van der Waals surface area contributed by atoms with Gasteiger partial charge in [0.15, 0.2) is 23.2 Å². The van der Waals surface area contributed by atoms with E-state index in [0.29, 0.717) is 21.7 Å². The van der Waals surface area contributed by atoms with Crippen LogP contribution in [-0.2, 0) is 0 Å². The lowest BCUT2D eigenvalue weighted by Gasteiger charge is -2.34. The van der Waals surface area contributed by atoms with Gasteiger partial charge in [0.25, 0.3) is 0 Å². The van der Waals surface area contributed by atoms with Gasteiger partial charge in [0.1, 0.15) is 11.7 Å². The molecule has 8 heteroatoms. The Morgan fingerprint density at radius 2 is 1.93 bits per heavy atom. The lowest BCUT2D eigenvalue weighted by atomic mass is 9.77. The number of hydrogen-bond donors (Lipinski definition) is 3. The first kappa shape index (κ1) is 20.0. The van der Waals surface area contributed by atoms with Crippen LogP contribution in [0.2, 0.25) is 0 Å². The summed E-state index contributed by atoms with van der Waals surface area (Å²) >= 11 is 3.53. The number of halogens is 1. The van der Waals surface area contributed by atoms with E-state index in [-0.39, 0.29) is 11.7 Å². The molecule has 0 aliphatic carbocycles. The van der Waals surface area contributed by atoms with Crippen LogP contribution in [0.5, 0.6) is 17.2 Å². The maximum Gasteiger partial charge on any atom is 0.199 e. The Bertz CT molecular complexity index is 1180. The summed E-state index contributed by atoms with van der Waals surface area (Å²) in [6.45, 7) is 0. The molecule has 0 aromatic heterocycles. The fourth-order valence-electron chi connectivity index (χ4n) is 3.98. The first-order chi connectivity index (χ1) is 14.5. The Morgan fingerprint density at radius 1 is 1.17 bits per heavy atom. The lowest BCUT2D eigenvalue weighted by Crippen LogP contribution is -2.41. The first-order valence-corrected chi connectivity index (χ1v) is 9.96. The summed E-state index contributed by atoms with van der Waals surface area (Å²) < 4.78 is 17.5. The monoisotopic (exact) mass is 469 g/mol. The highest BCUT2D eigenvalue weighted by Gasteiger charge is 2.40. The molecule has 0 spiro atoms. The second-order valence-electron chi connectivity index (χ2n) is 6.89. The van der Waals surface area contributed by atoms with E-state index >= 15 is 0 Å². The van der Waals surface area contributed by atoms with Gasteiger partial charge in [0.05, 0.1) is 18.7 Å². The van der Waals surface area contributed by atoms with Gasteiger partial charge in [-0.2, -0.15) is 0 Å². The maximum absolute atomic E-state index is 9.38. The van der Waals surface area contributed by atoms with Crippen molar-refractivity contribution in [3.05, 3.63) is 64.1 Å². The van der Waals surface area contributed by atoms with E-state index in [4.69, 9.17) is 25.4 Å². The van der Waals surface area contributed by atoms with Crippen molar-refractivity contribution in [2.45, 2.75) is 5.92 Å². The van der Waals surface area contributed by atoms with Crippen molar-refractivity contribution in [1.82, 2.24) is 0 Å². The summed E-state index contributed by atoms with van der Waals surface area (Å²) in [5.74, 6) is 0.269. The van der Waals surface area contributed by atoms with Gasteiger partial charge in [0.2, 0.25) is 0 Å². The van der Waals surface area contributed by atoms with E-state index in [1.807, 2.05) is 48.5 Å². The number of ether oxygens (including phenoxy) is 3. The molecule has 0 radical (unpaired) electrons. The molecule has 1 heterocycles. The van der Waals surface area contributed by atoms with Crippen molar-refractivity contribution in [1.29, 1.82) is 5.41 Å². The number of nitrogens with zero attached hydrogens (tertiary/aromatic N) is 1. The van der Waals surface area contributed by atoms with Crippen LogP contribution in [0.1, 0.15) is 17.0 Å². The largest absolute Gasteiger partial charge is 0.493 e. The smallest absolute Gasteiger partial charge is 0.199 e. The minimum Gasteiger partial charge on any atom is -0.493 e. The second kappa shape index (κ2) is 7.87. The number of rotatable bonds is 4. The number of oxime groups is 1. The van der Waals surface area contributed by atoms with Gasteiger partial charge >= 0.3 is 0 Å². The number of hydrogen-bond acceptors (Lipinski definition) is 6. The molecule has 30 heavy (non-hydrogen) atoms. The molecule has 2 unspecified atom stereocenters. The summed E-state index contributed by atoms with van der Waals surface area (Å²) in [4.78, 5) is 0. The number of amidine groups is 1. The van der Waals surface area contributed by atoms with Crippen molar-refractivity contribution in [2.24, 2.45) is 16.8 Å². The number of nitrogens with one attached hydrogen (secondary N) is 1. The van der Waals surface area contributed by atoms with Crippen LogP contribution >= 0.6 is 15.9 Å². The first-order valence-electron chi connectivity index (χ1n) is 9.17. The lowest BCUT2D eigenvalue weighted by molar-refractivity contribution is 0.313. The Kier molecular flexibility index (Phi) is 5.26. The Hall–Kier alpha value is -3.26. The summed E-state index contributed by atoms with van der Waals surface area (Å²) in [6, 6.07) is 15.5. The third-order valence-electron chi connectivity index (χ3n) is 5.32. The Balaban J connectivity index is 2.01. The third-order valence-corrected chi connectivity index (χ3v) is 5.91. The summed E-state index contributed by atoms with van der Waals surface area (Å²) in [7, 11) is 3.12. The predicted molar refractivity (Wildman–Crippen MR) is 118 cm³/mol. The van der Waals surface area contributed by atoms with Crippen LogP contribution in [-0.4, -0.2) is 31.2 Å². The highest BCUT2D eigenvalue weighted by Crippen LogP contribution is 2.48. The molecule has 7 nitrogen and oxygen atoms in total. The fraction of sp³-hybridized carbons (Fsp3) is 0.182. The van der Waals surface area contributed by atoms with E-state index < -0.39 is 11.8 Å². The van der Waals surface area contributed by atoms with Gasteiger partial charge in [-0.15, -0.1) is 0 Å². The number of fused-ring (bicyclic) bond motifs is 3. The third kappa shape index (κ3) is 3.13. The van der Waals surface area contributed by atoms with Gasteiger partial charge in [-0.25, -0.2) is 0 Å². The highest BCUT2D eigenvalue weighted by molar-refractivity contribution is 9.10. The molecule has 0 fully saturated rings. The van der Waals surface area contributed by atoms with Crippen molar-refractivity contribution >= 4 is 38.4 Å². The zero-order valence-electron chi connectivity index (χ0n) is 16.3. The summed E-state index contributed by atoms with van der Waals surface area (Å²) in [6.07, 6.45) is 0. The zero-order chi connectivity index (χ0) is 21.4. The van der Waals surface area contributed by atoms with Gasteiger partial charge in [0, 0.05) is 16.9 Å². The van der Waals surface area contributed by atoms with Crippen LogP contribution in [0.4, 0.5) is 0 Å². The molecule has 154 valence electrons. The zero-order valence-corrected chi connectivity index (χ0v) is 17.9. The molecule has 0 saturated carbocycles. The predicted octanol–water partition coefficient (Wildman–Crippen LogP) is 4.48. The molecule has 0 amide bonds. The van der Waals surface area contributed by atoms with Gasteiger partial charge in [-0.3, -0.25) is 5.41 Å². The molecule has 0 saturated heterocycles. The molecule has 4 N–H and O–H groups in total. The van der Waals surface area contributed by atoms with Crippen molar-refractivity contribution in [2.75, 3.05) is 14.2 Å². The number of nitrogens with two attached hydrogens (primary N) is 1. The molecule has 2 atom stereocenters. The maximum atomic E-state index is 9.38. The average molecular weight is 470 g/mol. The summed E-state index contributed by atoms with van der Waals surface area (Å²) in [5.41, 5.74) is 7.65. The molecular formula is C22H20BrN3O4. The molecule has 1 aliphatic heterocycles. The summed E-state index contributed by atoms with van der Waals surface area (Å²) in [5, 5.41) is 23.0. The van der Waals surface area contributed by atoms with Crippen molar-refractivity contribution in [3.63, 3.8) is 0 Å². The van der Waals surface area contributed by atoms with Crippen molar-refractivity contribution in [3.8, 4) is 17.2 Å². The van der Waals surface area contributed by atoms with E-state index in [9.17, 15) is 5.21 Å². The average Bonchev–Trinajstić information content (AvgIpc) is 2.76. The quantitative estimate of drug-likeness (QED) is 0.225. The standard InChI is InChI=1S/C22H20BrN3O4/c1-28-16-10-12(9-15(23)20(16)29-2)17-14-8-7-11-5-3-4-6-13(11)19(14)30-22(25)18(17)21(24)26-27/h3-10,17-18,25,27H,1-2H3,(H2,24,26). The van der Waals surface area contributed by atoms with Crippen LogP contribution in [0.3, 0.4) is 0 Å². The SMILES string of the molecule is COc1cc(C2c3ccc4ccccc4c3OC(=N)C2C(N)=NO)cc(Br)c1OC. The van der Waals surface area contributed by atoms with Crippen molar-refractivity contribution < 1.29 is 19.4 Å². The molecule has 3 aromatic rings. The van der Waals surface area contributed by atoms with E-state index in [1.54, 1.807) is 14.2 Å². The van der Waals surface area contributed by atoms with E-state index in [2.05, 4.69) is 21.1 Å². The Labute approximate surface area is 181 Å². The molecule has 4 rings (SSSR count).